The second-order valence-electron chi connectivity index (χ2n) is 4.78. The van der Waals surface area contributed by atoms with Crippen LogP contribution in [0.5, 0.6) is 0 Å². The number of carbonyl (C=O) groups excluding carboxylic acids is 1. The molecule has 8 nitrogen and oxygen atoms in total. The van der Waals surface area contributed by atoms with Gasteiger partial charge in [0.05, 0.1) is 6.54 Å². The highest BCUT2D eigenvalue weighted by molar-refractivity contribution is 7.89. The quantitative estimate of drug-likeness (QED) is 0.672. The third-order valence-electron chi connectivity index (χ3n) is 3.06. The van der Waals surface area contributed by atoms with E-state index in [1.165, 1.54) is 0 Å². The first-order chi connectivity index (χ1) is 10.8. The van der Waals surface area contributed by atoms with Crippen LogP contribution in [0.25, 0.3) is 0 Å². The molecule has 0 saturated heterocycles. The van der Waals surface area contributed by atoms with Crippen molar-refractivity contribution >= 4 is 21.9 Å². The van der Waals surface area contributed by atoms with E-state index in [1.807, 2.05) is 0 Å². The Labute approximate surface area is 132 Å². The Morgan fingerprint density at radius 2 is 1.87 bits per heavy atom. The van der Waals surface area contributed by atoms with Gasteiger partial charge >= 0.3 is 5.97 Å². The summed E-state index contributed by atoms with van der Waals surface area (Å²) < 4.78 is 26.1. The normalized spacial score (nSPS) is 11.5. The van der Waals surface area contributed by atoms with Crippen molar-refractivity contribution in [2.45, 2.75) is 11.4 Å². The predicted octanol–water partition coefficient (Wildman–Crippen LogP) is 0.389. The van der Waals surface area contributed by atoms with Crippen molar-refractivity contribution in [1.82, 2.24) is 9.29 Å². The van der Waals surface area contributed by atoms with Crippen molar-refractivity contribution in [3.63, 3.8) is 0 Å². The lowest BCUT2D eigenvalue weighted by atomic mass is 10.2. The van der Waals surface area contributed by atoms with Crippen LogP contribution in [0.15, 0.2) is 47.5 Å². The van der Waals surface area contributed by atoms with E-state index in [0.717, 1.165) is 16.6 Å². The number of hydrogen-bond donors (Lipinski definition) is 3. The lowest BCUT2D eigenvalue weighted by Crippen LogP contribution is -2.37. The number of rotatable bonds is 7. The Kier molecular flexibility index (Phi) is 4.82. The molecule has 0 bridgehead atoms. The van der Waals surface area contributed by atoms with Crippen LogP contribution in [0.1, 0.15) is 16.1 Å². The second kappa shape index (κ2) is 6.63. The Hall–Kier alpha value is -2.65. The number of primary amides is 1. The summed E-state index contributed by atoms with van der Waals surface area (Å²) in [4.78, 5) is 24.2. The maximum Gasteiger partial charge on any atom is 0.352 e. The lowest BCUT2D eigenvalue weighted by Gasteiger charge is -2.20. The molecule has 0 aliphatic rings. The topological polar surface area (TPSA) is 134 Å². The van der Waals surface area contributed by atoms with Crippen molar-refractivity contribution in [3.05, 3.63) is 53.9 Å². The molecule has 2 rings (SSSR count). The third kappa shape index (κ3) is 3.96. The van der Waals surface area contributed by atoms with E-state index in [2.05, 4.69) is 4.98 Å². The number of H-pyrrole nitrogens is 1. The summed E-state index contributed by atoms with van der Waals surface area (Å²) >= 11 is 0. The van der Waals surface area contributed by atoms with Gasteiger partial charge in [-0.25, -0.2) is 13.2 Å². The van der Waals surface area contributed by atoms with Crippen LogP contribution in [-0.4, -0.2) is 41.2 Å². The van der Waals surface area contributed by atoms with Gasteiger partial charge in [0.1, 0.15) is 10.6 Å². The number of benzene rings is 1. The molecule has 23 heavy (non-hydrogen) atoms. The molecule has 4 N–H and O–H groups in total. The minimum absolute atomic E-state index is 0.0559. The van der Waals surface area contributed by atoms with Crippen LogP contribution < -0.4 is 5.73 Å². The van der Waals surface area contributed by atoms with Crippen molar-refractivity contribution in [2.24, 2.45) is 5.73 Å². The van der Waals surface area contributed by atoms with Gasteiger partial charge in [-0.05, 0) is 11.6 Å². The molecule has 0 aliphatic heterocycles. The molecule has 2 aromatic rings. The molecule has 9 heteroatoms. The molecule has 0 fully saturated rings. The van der Waals surface area contributed by atoms with Gasteiger partial charge in [0.2, 0.25) is 15.9 Å². The number of amides is 1. The fraction of sp³-hybridized carbons (Fsp3) is 0.143. The van der Waals surface area contributed by atoms with Crippen LogP contribution in [0, 0.1) is 0 Å². The summed E-state index contributed by atoms with van der Waals surface area (Å²) in [6.07, 6.45) is 1.07. The summed E-state index contributed by atoms with van der Waals surface area (Å²) in [6.45, 7) is -0.565. The Balaban J connectivity index is 2.35. The van der Waals surface area contributed by atoms with Crippen LogP contribution in [0.3, 0.4) is 0 Å². The van der Waals surface area contributed by atoms with E-state index in [4.69, 9.17) is 10.8 Å². The number of aromatic carboxylic acids is 1. The fourth-order valence-corrected chi connectivity index (χ4v) is 3.37. The number of sulfonamides is 1. The Bertz CT molecular complexity index is 814. The molecule has 1 aromatic carbocycles. The van der Waals surface area contributed by atoms with Crippen LogP contribution in [-0.2, 0) is 21.4 Å². The first kappa shape index (κ1) is 16.7. The van der Waals surface area contributed by atoms with Crippen molar-refractivity contribution in [3.8, 4) is 0 Å². The summed E-state index contributed by atoms with van der Waals surface area (Å²) in [5.74, 6) is -2.09. The summed E-state index contributed by atoms with van der Waals surface area (Å²) in [6, 6.07) is 9.68. The van der Waals surface area contributed by atoms with Gasteiger partial charge in [0.25, 0.3) is 0 Å². The number of carbonyl (C=O) groups is 2. The van der Waals surface area contributed by atoms with Gasteiger partial charge in [0, 0.05) is 12.7 Å². The predicted molar refractivity (Wildman–Crippen MR) is 81.0 cm³/mol. The van der Waals surface area contributed by atoms with Gasteiger partial charge in [-0.3, -0.25) is 4.79 Å². The molecular formula is C14H15N3O5S. The first-order valence-electron chi connectivity index (χ1n) is 6.55. The number of nitrogens with one attached hydrogen (secondary N) is 1. The molecule has 0 unspecified atom stereocenters. The number of aromatic amines is 1. The molecule has 1 amide bonds. The fourth-order valence-electron chi connectivity index (χ4n) is 1.98. The molecule has 0 atom stereocenters. The van der Waals surface area contributed by atoms with E-state index < -0.39 is 28.4 Å². The number of nitrogens with two attached hydrogens (primary N) is 1. The zero-order valence-corrected chi connectivity index (χ0v) is 12.8. The average molecular weight is 337 g/mol. The number of carboxylic acid groups (broad SMARTS) is 1. The van der Waals surface area contributed by atoms with Crippen molar-refractivity contribution < 1.29 is 23.1 Å². The second-order valence-corrected chi connectivity index (χ2v) is 6.72. The first-order valence-corrected chi connectivity index (χ1v) is 7.99. The van der Waals surface area contributed by atoms with Gasteiger partial charge in [-0.2, -0.15) is 4.31 Å². The van der Waals surface area contributed by atoms with Crippen LogP contribution in [0.2, 0.25) is 0 Å². The highest BCUT2D eigenvalue weighted by Crippen LogP contribution is 2.19. The van der Waals surface area contributed by atoms with E-state index in [1.54, 1.807) is 30.3 Å². The van der Waals surface area contributed by atoms with Crippen molar-refractivity contribution in [2.75, 3.05) is 6.54 Å². The van der Waals surface area contributed by atoms with Crippen LogP contribution >= 0.6 is 0 Å². The molecule has 0 saturated carbocycles. The molecule has 0 radical (unpaired) electrons. The molecule has 0 spiro atoms. The van der Waals surface area contributed by atoms with E-state index in [0.29, 0.717) is 5.56 Å². The monoisotopic (exact) mass is 337 g/mol. The van der Waals surface area contributed by atoms with Crippen molar-refractivity contribution in [1.29, 1.82) is 0 Å². The van der Waals surface area contributed by atoms with E-state index in [-0.39, 0.29) is 17.1 Å². The van der Waals surface area contributed by atoms with Gasteiger partial charge < -0.3 is 15.8 Å². The minimum atomic E-state index is -4.07. The zero-order valence-electron chi connectivity index (χ0n) is 12.0. The van der Waals surface area contributed by atoms with Crippen LogP contribution in [0.4, 0.5) is 0 Å². The molecule has 0 aliphatic carbocycles. The third-order valence-corrected chi connectivity index (χ3v) is 4.83. The maximum absolute atomic E-state index is 12.6. The number of aromatic nitrogens is 1. The molecule has 122 valence electrons. The average Bonchev–Trinajstić information content (AvgIpc) is 2.98. The SMILES string of the molecule is NC(=O)CN(Cc1ccccc1)S(=O)(=O)c1c[nH]c(C(=O)O)c1. The highest BCUT2D eigenvalue weighted by atomic mass is 32.2. The standard InChI is InChI=1S/C14H15N3O5S/c15-13(18)9-17(8-10-4-2-1-3-5-10)23(21,22)11-6-12(14(19)20)16-7-11/h1-7,16H,8-9H2,(H2,15,18)(H,19,20). The summed E-state index contributed by atoms with van der Waals surface area (Å²) in [5.41, 5.74) is 5.54. The largest absolute Gasteiger partial charge is 0.477 e. The summed E-state index contributed by atoms with van der Waals surface area (Å²) in [5, 5.41) is 8.87. The number of carboxylic acids is 1. The smallest absolute Gasteiger partial charge is 0.352 e. The summed E-state index contributed by atoms with van der Waals surface area (Å²) in [7, 11) is -4.07. The van der Waals surface area contributed by atoms with E-state index >= 15 is 0 Å². The van der Waals surface area contributed by atoms with Gasteiger partial charge in [-0.1, -0.05) is 30.3 Å². The minimum Gasteiger partial charge on any atom is -0.477 e. The van der Waals surface area contributed by atoms with Gasteiger partial charge in [0.15, 0.2) is 0 Å². The number of nitrogens with zero attached hydrogens (tertiary/aromatic N) is 1. The maximum atomic E-state index is 12.6. The molecular weight excluding hydrogens is 322 g/mol. The molecule has 1 heterocycles. The Morgan fingerprint density at radius 3 is 2.39 bits per heavy atom. The molecule has 1 aromatic heterocycles. The zero-order chi connectivity index (χ0) is 17.0. The van der Waals surface area contributed by atoms with E-state index in [9.17, 15) is 18.0 Å². The van der Waals surface area contributed by atoms with Gasteiger partial charge in [-0.15, -0.1) is 0 Å². The highest BCUT2D eigenvalue weighted by Gasteiger charge is 2.28. The lowest BCUT2D eigenvalue weighted by molar-refractivity contribution is -0.118. The Morgan fingerprint density at radius 1 is 1.22 bits per heavy atom. The number of hydrogen-bond acceptors (Lipinski definition) is 4.